The van der Waals surface area contributed by atoms with E-state index in [-0.39, 0.29) is 10.6 Å². The van der Waals surface area contributed by atoms with Crippen LogP contribution in [-0.4, -0.2) is 35.9 Å². The Hall–Kier alpha value is -3.71. The number of anilines is 1. The summed E-state index contributed by atoms with van der Waals surface area (Å²) in [5, 5.41) is 4.16. The van der Waals surface area contributed by atoms with Crippen LogP contribution in [0.2, 0.25) is 0 Å². The van der Waals surface area contributed by atoms with Crippen molar-refractivity contribution < 1.29 is 13.2 Å². The van der Waals surface area contributed by atoms with E-state index in [0.29, 0.717) is 17.1 Å². The Bertz CT molecular complexity index is 1660. The van der Waals surface area contributed by atoms with Crippen molar-refractivity contribution >= 4 is 49.9 Å². The number of para-hydroxylation sites is 1. The van der Waals surface area contributed by atoms with Crippen molar-refractivity contribution in [3.63, 3.8) is 0 Å². The number of nitrogens with one attached hydrogen (secondary N) is 1. The maximum absolute atomic E-state index is 13.8. The van der Waals surface area contributed by atoms with Gasteiger partial charge in [-0.25, -0.2) is 22.8 Å². The SMILES string of the molecule is C/C(=N/NC(=O)CN(c1c(C)n(C)n(-c2ccccc2)c1=O)S(=O)(=O)c1ccccc1)c1cccc(I)c1. The Morgan fingerprint density at radius 2 is 1.63 bits per heavy atom. The fourth-order valence-electron chi connectivity index (χ4n) is 3.94. The molecule has 1 N–H and O–H groups in total. The van der Waals surface area contributed by atoms with Crippen LogP contribution in [0.15, 0.2) is 99.7 Å². The van der Waals surface area contributed by atoms with Crippen molar-refractivity contribution in [2.45, 2.75) is 18.7 Å². The second-order valence-corrected chi connectivity index (χ2v) is 11.6. The van der Waals surface area contributed by atoms with Gasteiger partial charge in [-0.2, -0.15) is 5.10 Å². The number of amides is 1. The molecule has 0 radical (unpaired) electrons. The number of nitrogens with zero attached hydrogens (tertiary/aromatic N) is 4. The van der Waals surface area contributed by atoms with Gasteiger partial charge in [-0.1, -0.05) is 48.5 Å². The van der Waals surface area contributed by atoms with Gasteiger partial charge in [-0.15, -0.1) is 0 Å². The van der Waals surface area contributed by atoms with Crippen LogP contribution in [0.4, 0.5) is 5.69 Å². The largest absolute Gasteiger partial charge is 0.296 e. The molecule has 1 aromatic heterocycles. The number of hydrogen-bond donors (Lipinski definition) is 1. The van der Waals surface area contributed by atoms with E-state index in [9.17, 15) is 18.0 Å². The molecule has 38 heavy (non-hydrogen) atoms. The van der Waals surface area contributed by atoms with Gasteiger partial charge in [0.05, 0.1) is 22.0 Å². The number of carbonyl (C=O) groups is 1. The van der Waals surface area contributed by atoms with Gasteiger partial charge < -0.3 is 0 Å². The zero-order chi connectivity index (χ0) is 27.4. The van der Waals surface area contributed by atoms with Gasteiger partial charge in [0.1, 0.15) is 12.2 Å². The predicted octanol–water partition coefficient (Wildman–Crippen LogP) is 3.82. The number of rotatable bonds is 8. The van der Waals surface area contributed by atoms with Crippen LogP contribution in [-0.2, 0) is 21.9 Å². The van der Waals surface area contributed by atoms with Crippen LogP contribution >= 0.6 is 22.6 Å². The van der Waals surface area contributed by atoms with E-state index in [0.717, 1.165) is 13.4 Å². The summed E-state index contributed by atoms with van der Waals surface area (Å²) in [5.41, 5.74) is 4.07. The molecule has 1 amide bonds. The minimum Gasteiger partial charge on any atom is -0.283 e. The summed E-state index contributed by atoms with van der Waals surface area (Å²) in [6.07, 6.45) is 0. The number of hydrazone groups is 1. The van der Waals surface area contributed by atoms with Gasteiger partial charge in [-0.05, 0) is 78.4 Å². The smallest absolute Gasteiger partial charge is 0.283 e. The minimum absolute atomic E-state index is 0.0414. The number of benzene rings is 3. The third-order valence-corrected chi connectivity index (χ3v) is 8.41. The summed E-state index contributed by atoms with van der Waals surface area (Å²) < 4.78 is 32.4. The minimum atomic E-state index is -4.28. The summed E-state index contributed by atoms with van der Waals surface area (Å²) in [7, 11) is -2.62. The van der Waals surface area contributed by atoms with Crippen molar-refractivity contribution in [3.05, 3.63) is 110 Å². The van der Waals surface area contributed by atoms with Crippen molar-refractivity contribution in [3.8, 4) is 5.69 Å². The van der Waals surface area contributed by atoms with E-state index in [1.54, 1.807) is 68.0 Å². The first-order valence-electron chi connectivity index (χ1n) is 11.6. The van der Waals surface area contributed by atoms with Gasteiger partial charge in [0.2, 0.25) is 0 Å². The van der Waals surface area contributed by atoms with Gasteiger partial charge in [0.25, 0.3) is 21.5 Å². The highest BCUT2D eigenvalue weighted by Gasteiger charge is 2.33. The number of aromatic nitrogens is 2. The highest BCUT2D eigenvalue weighted by atomic mass is 127. The molecular weight excluding hydrogens is 617 g/mol. The molecule has 4 rings (SSSR count). The van der Waals surface area contributed by atoms with Crippen LogP contribution in [0.1, 0.15) is 18.2 Å². The first-order valence-corrected chi connectivity index (χ1v) is 14.1. The molecule has 0 aliphatic rings. The molecule has 0 bridgehead atoms. The number of sulfonamides is 1. The molecule has 1 heterocycles. The van der Waals surface area contributed by atoms with E-state index in [1.807, 2.05) is 30.3 Å². The molecule has 0 saturated carbocycles. The second kappa shape index (κ2) is 11.4. The van der Waals surface area contributed by atoms with Crippen LogP contribution < -0.4 is 15.3 Å². The Balaban J connectivity index is 1.76. The number of carbonyl (C=O) groups excluding carboxylic acids is 1. The Morgan fingerprint density at radius 3 is 2.26 bits per heavy atom. The molecule has 196 valence electrons. The topological polar surface area (TPSA) is 106 Å². The molecule has 0 aliphatic heterocycles. The zero-order valence-electron chi connectivity index (χ0n) is 21.0. The summed E-state index contributed by atoms with van der Waals surface area (Å²) in [4.78, 5) is 26.7. The average molecular weight is 644 g/mol. The highest BCUT2D eigenvalue weighted by molar-refractivity contribution is 14.1. The first-order chi connectivity index (χ1) is 18.1. The number of halogens is 1. The second-order valence-electron chi connectivity index (χ2n) is 8.48. The third kappa shape index (κ3) is 5.58. The molecule has 9 nitrogen and oxygen atoms in total. The van der Waals surface area contributed by atoms with Gasteiger partial charge in [-0.3, -0.25) is 14.3 Å². The lowest BCUT2D eigenvalue weighted by atomic mass is 10.1. The molecule has 4 aromatic rings. The molecule has 11 heteroatoms. The van der Waals surface area contributed by atoms with E-state index in [2.05, 4.69) is 33.1 Å². The highest BCUT2D eigenvalue weighted by Crippen LogP contribution is 2.25. The van der Waals surface area contributed by atoms with Gasteiger partial charge in [0, 0.05) is 10.6 Å². The summed E-state index contributed by atoms with van der Waals surface area (Å²) in [6, 6.07) is 24.2. The molecule has 0 atom stereocenters. The molecule has 0 saturated heterocycles. The Morgan fingerprint density at radius 1 is 1.00 bits per heavy atom. The van der Waals surface area contributed by atoms with E-state index in [1.165, 1.54) is 16.8 Å². The van der Waals surface area contributed by atoms with Crippen LogP contribution in [0.5, 0.6) is 0 Å². The van der Waals surface area contributed by atoms with E-state index >= 15 is 0 Å². The Labute approximate surface area is 234 Å². The van der Waals surface area contributed by atoms with Crippen LogP contribution in [0.25, 0.3) is 5.69 Å². The lowest BCUT2D eigenvalue weighted by Gasteiger charge is -2.22. The van der Waals surface area contributed by atoms with Crippen molar-refractivity contribution in [2.24, 2.45) is 12.1 Å². The zero-order valence-corrected chi connectivity index (χ0v) is 24.0. The predicted molar refractivity (Wildman–Crippen MR) is 156 cm³/mol. The molecular formula is C27H26IN5O4S. The van der Waals surface area contributed by atoms with Crippen molar-refractivity contribution in [1.82, 2.24) is 14.8 Å². The van der Waals surface area contributed by atoms with Gasteiger partial charge in [0.15, 0.2) is 0 Å². The monoisotopic (exact) mass is 643 g/mol. The third-order valence-electron chi connectivity index (χ3n) is 5.98. The van der Waals surface area contributed by atoms with Crippen LogP contribution in [0.3, 0.4) is 0 Å². The molecule has 0 aliphatic carbocycles. The summed E-state index contributed by atoms with van der Waals surface area (Å²) in [6.45, 7) is 2.74. The first kappa shape index (κ1) is 27.3. The summed E-state index contributed by atoms with van der Waals surface area (Å²) in [5.74, 6) is -0.691. The molecule has 3 aromatic carbocycles. The maximum Gasteiger partial charge on any atom is 0.296 e. The molecule has 0 unspecified atom stereocenters. The van der Waals surface area contributed by atoms with Crippen LogP contribution in [0, 0.1) is 10.5 Å². The molecule has 0 spiro atoms. The van der Waals surface area contributed by atoms with E-state index < -0.39 is 28.0 Å². The Kier molecular flexibility index (Phi) is 8.17. The van der Waals surface area contributed by atoms with E-state index in [4.69, 9.17) is 0 Å². The lowest BCUT2D eigenvalue weighted by molar-refractivity contribution is -0.119. The van der Waals surface area contributed by atoms with Crippen molar-refractivity contribution in [2.75, 3.05) is 10.8 Å². The normalized spacial score (nSPS) is 11.8. The standard InChI is InChI=1S/C27H26IN5O4S/c1-19(21-11-10-12-22(28)17-21)29-30-25(34)18-32(38(36,37)24-15-8-5-9-16-24)26-20(2)31(3)33(27(26)35)23-13-6-4-7-14-23/h4-17H,18H2,1-3H3,(H,30,34)/b29-19-. The lowest BCUT2D eigenvalue weighted by Crippen LogP contribution is -2.42. The average Bonchev–Trinajstić information content (AvgIpc) is 3.14. The quantitative estimate of drug-likeness (QED) is 0.179. The fourth-order valence-corrected chi connectivity index (χ4v) is 5.97. The maximum atomic E-state index is 13.8. The van der Waals surface area contributed by atoms with Crippen molar-refractivity contribution in [1.29, 1.82) is 0 Å². The molecule has 0 fully saturated rings. The fraction of sp³-hybridized carbons (Fsp3) is 0.148. The van der Waals surface area contributed by atoms with Gasteiger partial charge >= 0.3 is 0 Å². The summed E-state index contributed by atoms with van der Waals surface area (Å²) >= 11 is 2.18. The number of hydrogen-bond acceptors (Lipinski definition) is 5.